The second-order valence-corrected chi connectivity index (χ2v) is 4.11. The molecule has 1 aliphatic rings. The van der Waals surface area contributed by atoms with E-state index in [1.165, 1.54) is 12.8 Å². The van der Waals surface area contributed by atoms with Crippen molar-refractivity contribution in [3.63, 3.8) is 0 Å². The van der Waals surface area contributed by atoms with Gasteiger partial charge in [-0.15, -0.1) is 0 Å². The number of para-hydroxylation sites is 1. The molecule has 0 N–H and O–H groups in total. The topological polar surface area (TPSA) is 29.5 Å². The highest BCUT2D eigenvalue weighted by Gasteiger charge is 2.13. The number of allylic oxidation sites excluding steroid dienone is 1. The van der Waals surface area contributed by atoms with E-state index in [2.05, 4.69) is 0 Å². The Morgan fingerprint density at radius 2 is 1.94 bits per heavy atom. The average molecular weight is 231 g/mol. The van der Waals surface area contributed by atoms with Gasteiger partial charge in [0, 0.05) is 12.7 Å². The van der Waals surface area contributed by atoms with Crippen LogP contribution in [0.4, 0.5) is 4.79 Å². The summed E-state index contributed by atoms with van der Waals surface area (Å²) in [6.45, 7) is 0.738. The first-order valence-electron chi connectivity index (χ1n) is 6.06. The quantitative estimate of drug-likeness (QED) is 0.739. The molecule has 0 spiro atoms. The molecule has 3 nitrogen and oxygen atoms in total. The molecule has 1 aliphatic heterocycles. The molecule has 1 amide bonds. The lowest BCUT2D eigenvalue weighted by atomic mass is 10.1. The van der Waals surface area contributed by atoms with Crippen molar-refractivity contribution in [3.05, 3.63) is 42.6 Å². The zero-order valence-electron chi connectivity index (χ0n) is 9.84. The van der Waals surface area contributed by atoms with Gasteiger partial charge in [-0.25, -0.2) is 4.79 Å². The molecular weight excluding hydrogens is 214 g/mol. The lowest BCUT2D eigenvalue weighted by Gasteiger charge is -2.19. The number of nitrogens with zero attached hydrogens (tertiary/aromatic N) is 1. The molecule has 0 saturated heterocycles. The van der Waals surface area contributed by atoms with E-state index in [-0.39, 0.29) is 6.09 Å². The van der Waals surface area contributed by atoms with Crippen molar-refractivity contribution < 1.29 is 9.53 Å². The van der Waals surface area contributed by atoms with Crippen LogP contribution in [-0.4, -0.2) is 17.5 Å². The SMILES string of the molecule is O=C(Oc1ccccc1)N1/C=C\CCCCC1. The van der Waals surface area contributed by atoms with Gasteiger partial charge in [0.15, 0.2) is 0 Å². The van der Waals surface area contributed by atoms with Crippen LogP contribution >= 0.6 is 0 Å². The summed E-state index contributed by atoms with van der Waals surface area (Å²) >= 11 is 0. The van der Waals surface area contributed by atoms with Crippen molar-refractivity contribution in [2.24, 2.45) is 0 Å². The third-order valence-electron chi connectivity index (χ3n) is 2.74. The fourth-order valence-corrected chi connectivity index (χ4v) is 1.80. The summed E-state index contributed by atoms with van der Waals surface area (Å²) in [5.41, 5.74) is 0. The third kappa shape index (κ3) is 3.63. The molecule has 1 aromatic carbocycles. The van der Waals surface area contributed by atoms with E-state index >= 15 is 0 Å². The van der Waals surface area contributed by atoms with Gasteiger partial charge >= 0.3 is 6.09 Å². The Balaban J connectivity index is 1.96. The van der Waals surface area contributed by atoms with E-state index in [0.29, 0.717) is 5.75 Å². The predicted molar refractivity (Wildman–Crippen MR) is 66.8 cm³/mol. The maximum atomic E-state index is 11.9. The van der Waals surface area contributed by atoms with Crippen LogP contribution in [0.25, 0.3) is 0 Å². The van der Waals surface area contributed by atoms with Crippen LogP contribution < -0.4 is 4.74 Å². The Hall–Kier alpha value is -1.77. The summed E-state index contributed by atoms with van der Waals surface area (Å²) in [7, 11) is 0. The molecule has 3 heteroatoms. The Kier molecular flexibility index (Phi) is 4.19. The predicted octanol–water partition coefficient (Wildman–Crippen LogP) is 3.58. The molecule has 1 heterocycles. The monoisotopic (exact) mass is 231 g/mol. The molecule has 2 rings (SSSR count). The van der Waals surface area contributed by atoms with Crippen molar-refractivity contribution in [3.8, 4) is 5.75 Å². The van der Waals surface area contributed by atoms with Gasteiger partial charge in [-0.2, -0.15) is 0 Å². The molecule has 0 bridgehead atoms. The Morgan fingerprint density at radius 1 is 1.12 bits per heavy atom. The molecule has 0 aromatic heterocycles. The van der Waals surface area contributed by atoms with E-state index in [4.69, 9.17) is 4.74 Å². The molecule has 1 aromatic rings. The average Bonchev–Trinajstić information content (AvgIpc) is 2.29. The second-order valence-electron chi connectivity index (χ2n) is 4.11. The maximum absolute atomic E-state index is 11.9. The number of ether oxygens (including phenoxy) is 1. The summed E-state index contributed by atoms with van der Waals surface area (Å²) < 4.78 is 5.29. The lowest BCUT2D eigenvalue weighted by Crippen LogP contribution is -2.30. The Morgan fingerprint density at radius 3 is 2.76 bits per heavy atom. The highest BCUT2D eigenvalue weighted by molar-refractivity contribution is 5.71. The summed E-state index contributed by atoms with van der Waals surface area (Å²) in [5.74, 6) is 0.591. The van der Waals surface area contributed by atoms with Gasteiger partial charge in [0.1, 0.15) is 5.75 Å². The number of benzene rings is 1. The summed E-state index contributed by atoms with van der Waals surface area (Å²) in [6, 6.07) is 9.17. The first-order valence-corrected chi connectivity index (χ1v) is 6.06. The number of hydrogen-bond acceptors (Lipinski definition) is 2. The summed E-state index contributed by atoms with van der Waals surface area (Å²) in [6.07, 6.45) is 8.02. The molecule has 0 fully saturated rings. The largest absolute Gasteiger partial charge is 0.419 e. The number of hydrogen-bond donors (Lipinski definition) is 0. The van der Waals surface area contributed by atoms with E-state index in [1.807, 2.05) is 30.5 Å². The minimum absolute atomic E-state index is 0.297. The van der Waals surface area contributed by atoms with E-state index in [9.17, 15) is 4.79 Å². The minimum atomic E-state index is -0.297. The summed E-state index contributed by atoms with van der Waals surface area (Å²) in [5, 5.41) is 0. The molecule has 0 saturated carbocycles. The van der Waals surface area contributed by atoms with E-state index < -0.39 is 0 Å². The zero-order valence-corrected chi connectivity index (χ0v) is 9.84. The summed E-state index contributed by atoms with van der Waals surface area (Å²) in [4.78, 5) is 13.5. The Bertz CT molecular complexity index is 386. The molecule has 0 atom stereocenters. The molecule has 0 aliphatic carbocycles. The van der Waals surface area contributed by atoms with Crippen LogP contribution in [0.1, 0.15) is 25.7 Å². The highest BCUT2D eigenvalue weighted by atomic mass is 16.6. The highest BCUT2D eigenvalue weighted by Crippen LogP contribution is 2.13. The smallest absolute Gasteiger partial charge is 0.410 e. The van der Waals surface area contributed by atoms with Crippen molar-refractivity contribution in [1.29, 1.82) is 0 Å². The lowest BCUT2D eigenvalue weighted by molar-refractivity contribution is 0.168. The van der Waals surface area contributed by atoms with Gasteiger partial charge in [-0.1, -0.05) is 30.7 Å². The van der Waals surface area contributed by atoms with Gasteiger partial charge in [0.25, 0.3) is 0 Å². The van der Waals surface area contributed by atoms with Crippen LogP contribution in [0.15, 0.2) is 42.6 Å². The van der Waals surface area contributed by atoms with Crippen molar-refractivity contribution in [2.45, 2.75) is 25.7 Å². The van der Waals surface area contributed by atoms with Crippen molar-refractivity contribution in [2.75, 3.05) is 6.54 Å². The number of carbonyl (C=O) groups excluding carboxylic acids is 1. The van der Waals surface area contributed by atoms with Crippen LogP contribution in [0.2, 0.25) is 0 Å². The molecule has 0 radical (unpaired) electrons. The van der Waals surface area contributed by atoms with Crippen LogP contribution in [0.5, 0.6) is 5.75 Å². The third-order valence-corrected chi connectivity index (χ3v) is 2.74. The van der Waals surface area contributed by atoms with Gasteiger partial charge in [0.05, 0.1) is 0 Å². The van der Waals surface area contributed by atoms with E-state index in [1.54, 1.807) is 17.0 Å². The fourth-order valence-electron chi connectivity index (χ4n) is 1.80. The minimum Gasteiger partial charge on any atom is -0.410 e. The Labute approximate surface area is 102 Å². The molecule has 0 unspecified atom stereocenters. The van der Waals surface area contributed by atoms with Gasteiger partial charge < -0.3 is 4.74 Å². The first kappa shape index (κ1) is 11.7. The van der Waals surface area contributed by atoms with E-state index in [0.717, 1.165) is 19.4 Å². The van der Waals surface area contributed by atoms with Gasteiger partial charge in [0.2, 0.25) is 0 Å². The maximum Gasteiger partial charge on any atom is 0.419 e. The number of rotatable bonds is 1. The van der Waals surface area contributed by atoms with Crippen LogP contribution in [-0.2, 0) is 0 Å². The second kappa shape index (κ2) is 6.09. The fraction of sp³-hybridized carbons (Fsp3) is 0.357. The standard InChI is InChI=1S/C14H17NO2/c16-14(17-13-9-5-4-6-10-13)15-11-7-2-1-3-8-12-15/h4-7,9-11H,1-3,8,12H2/b11-7-. The van der Waals surface area contributed by atoms with Gasteiger partial charge in [-0.05, 0) is 31.4 Å². The normalized spacial score (nSPS) is 18.0. The number of amides is 1. The molecule has 90 valence electrons. The number of carbonyl (C=O) groups is 1. The van der Waals surface area contributed by atoms with Gasteiger partial charge in [-0.3, -0.25) is 4.90 Å². The first-order chi connectivity index (χ1) is 8.36. The zero-order chi connectivity index (χ0) is 11.9. The van der Waals surface area contributed by atoms with Crippen molar-refractivity contribution in [1.82, 2.24) is 4.90 Å². The van der Waals surface area contributed by atoms with Crippen LogP contribution in [0, 0.1) is 0 Å². The molecule has 17 heavy (non-hydrogen) atoms. The molecular formula is C14H17NO2. The van der Waals surface area contributed by atoms with Crippen LogP contribution in [0.3, 0.4) is 0 Å². The van der Waals surface area contributed by atoms with Crippen molar-refractivity contribution >= 4 is 6.09 Å².